The Morgan fingerprint density at radius 1 is 1.30 bits per heavy atom. The van der Waals surface area contributed by atoms with Crippen LogP contribution >= 0.6 is 0 Å². The van der Waals surface area contributed by atoms with Gasteiger partial charge in [-0.15, -0.1) is 0 Å². The molecule has 0 radical (unpaired) electrons. The van der Waals surface area contributed by atoms with Gasteiger partial charge in [0.1, 0.15) is 12.2 Å². The topological polar surface area (TPSA) is 72.8 Å². The molecular weight excluding hydrogens is 407 g/mol. The zero-order chi connectivity index (χ0) is 21.1. The van der Waals surface area contributed by atoms with E-state index in [9.17, 15) is 14.7 Å². The normalized spacial score (nSPS) is 36.6. The third-order valence-electron chi connectivity index (χ3n) is 6.93. The number of rotatable bonds is 6. The molecule has 1 unspecified atom stereocenters. The molecular formula is C24H37KO5. The van der Waals surface area contributed by atoms with Gasteiger partial charge in [-0.3, -0.25) is 9.59 Å². The number of carbonyl (C=O) groups excluding carboxylic acids is 2. The number of fused-ring (bicyclic) bond motifs is 1. The monoisotopic (exact) mass is 444 g/mol. The van der Waals surface area contributed by atoms with Gasteiger partial charge in [-0.25, -0.2) is 0 Å². The van der Waals surface area contributed by atoms with Crippen molar-refractivity contribution >= 4 is 63.3 Å². The molecule has 1 saturated heterocycles. The number of aliphatic hydroxyl groups is 1. The van der Waals surface area contributed by atoms with Crippen LogP contribution in [-0.4, -0.2) is 86.7 Å². The molecule has 6 heteroatoms. The minimum absolute atomic E-state index is 0. The predicted molar refractivity (Wildman–Crippen MR) is 118 cm³/mol. The van der Waals surface area contributed by atoms with Crippen molar-refractivity contribution < 1.29 is 24.2 Å². The number of hydrogen-bond donors (Lipinski definition) is 1. The maximum atomic E-state index is 12.5. The average molecular weight is 445 g/mol. The van der Waals surface area contributed by atoms with E-state index in [0.29, 0.717) is 24.2 Å². The van der Waals surface area contributed by atoms with E-state index in [0.717, 1.165) is 25.7 Å². The quantitative estimate of drug-likeness (QED) is 0.501. The summed E-state index contributed by atoms with van der Waals surface area (Å²) in [6, 6.07) is 0. The van der Waals surface area contributed by atoms with Crippen molar-refractivity contribution in [3.63, 3.8) is 0 Å². The second kappa shape index (κ2) is 11.8. The molecule has 2 aliphatic carbocycles. The summed E-state index contributed by atoms with van der Waals surface area (Å²) in [5, 5.41) is 9.89. The summed E-state index contributed by atoms with van der Waals surface area (Å²) >= 11 is 0. The summed E-state index contributed by atoms with van der Waals surface area (Å²) in [5.41, 5.74) is 1.27. The van der Waals surface area contributed by atoms with E-state index < -0.39 is 6.10 Å². The summed E-state index contributed by atoms with van der Waals surface area (Å²) in [5.74, 6) is 0.755. The first kappa shape index (κ1) is 26.3. The molecule has 3 aliphatic rings. The number of allylic oxidation sites excluding steroid dienone is 3. The average Bonchev–Trinajstić information content (AvgIpc) is 2.65. The third-order valence-corrected chi connectivity index (χ3v) is 6.93. The number of cyclic esters (lactones) is 1. The van der Waals surface area contributed by atoms with E-state index in [1.807, 2.05) is 13.8 Å². The first-order valence-electron chi connectivity index (χ1n) is 11.3. The van der Waals surface area contributed by atoms with Gasteiger partial charge < -0.3 is 14.6 Å². The zero-order valence-electron chi connectivity index (χ0n) is 18.2. The molecule has 0 aromatic heterocycles. The summed E-state index contributed by atoms with van der Waals surface area (Å²) in [7, 11) is 0. The van der Waals surface area contributed by atoms with E-state index in [-0.39, 0.29) is 93.8 Å². The number of esters is 2. The Balaban J connectivity index is 0.00000320. The van der Waals surface area contributed by atoms with Crippen LogP contribution in [0.5, 0.6) is 0 Å². The summed E-state index contributed by atoms with van der Waals surface area (Å²) in [6.07, 6.45) is 9.70. The Kier molecular flexibility index (Phi) is 10.3. The van der Waals surface area contributed by atoms with Crippen molar-refractivity contribution in [2.75, 3.05) is 0 Å². The van der Waals surface area contributed by atoms with Crippen molar-refractivity contribution in [1.29, 1.82) is 0 Å². The molecule has 1 fully saturated rings. The Labute approximate surface area is 223 Å². The molecule has 0 amide bonds. The Morgan fingerprint density at radius 2 is 2.03 bits per heavy atom. The molecule has 3 rings (SSSR count). The van der Waals surface area contributed by atoms with Gasteiger partial charge in [0.25, 0.3) is 0 Å². The SMILES string of the molecule is CCC(C)C(=O)O[C@H]1C[C@@H](C)C=C2C=C[C@H](C)[C@H](CC[C@@H]3C[C@@H](O)CC(=O)O3)[C@H]21.[KH]. The maximum absolute atomic E-state index is 12.5. The van der Waals surface area contributed by atoms with Crippen LogP contribution in [0.3, 0.4) is 0 Å². The molecule has 1 N–H and O–H groups in total. The van der Waals surface area contributed by atoms with E-state index in [2.05, 4.69) is 32.1 Å². The van der Waals surface area contributed by atoms with Crippen LogP contribution in [0.4, 0.5) is 0 Å². The van der Waals surface area contributed by atoms with Gasteiger partial charge in [-0.2, -0.15) is 0 Å². The Hall–Kier alpha value is 0.0164. The van der Waals surface area contributed by atoms with Gasteiger partial charge in [0.2, 0.25) is 0 Å². The molecule has 8 atom stereocenters. The van der Waals surface area contributed by atoms with Crippen LogP contribution in [0.1, 0.15) is 66.2 Å². The fraction of sp³-hybridized carbons (Fsp3) is 0.750. The molecule has 1 heterocycles. The van der Waals surface area contributed by atoms with Crippen molar-refractivity contribution in [1.82, 2.24) is 0 Å². The van der Waals surface area contributed by atoms with Crippen molar-refractivity contribution in [2.45, 2.75) is 84.5 Å². The third kappa shape index (κ3) is 6.52. The predicted octanol–water partition coefficient (Wildman–Crippen LogP) is 3.55. The van der Waals surface area contributed by atoms with E-state index in [1.54, 1.807) is 0 Å². The second-order valence-corrected chi connectivity index (χ2v) is 9.36. The molecule has 1 aliphatic heterocycles. The van der Waals surface area contributed by atoms with E-state index in [4.69, 9.17) is 9.47 Å². The number of hydrogen-bond acceptors (Lipinski definition) is 5. The Bertz CT molecular complexity index is 673. The van der Waals surface area contributed by atoms with E-state index >= 15 is 0 Å². The van der Waals surface area contributed by atoms with Crippen molar-refractivity contribution in [3.05, 3.63) is 23.8 Å². The van der Waals surface area contributed by atoms with Crippen LogP contribution in [0, 0.1) is 29.6 Å². The van der Waals surface area contributed by atoms with Crippen molar-refractivity contribution in [3.8, 4) is 0 Å². The molecule has 0 spiro atoms. The van der Waals surface area contributed by atoms with E-state index in [1.165, 1.54) is 5.57 Å². The first-order chi connectivity index (χ1) is 13.8. The molecule has 0 bridgehead atoms. The number of carbonyl (C=O) groups is 2. The van der Waals surface area contributed by atoms with Crippen molar-refractivity contribution in [2.24, 2.45) is 29.6 Å². The first-order valence-corrected chi connectivity index (χ1v) is 11.3. The van der Waals surface area contributed by atoms with Gasteiger partial charge in [-0.05, 0) is 49.0 Å². The van der Waals surface area contributed by atoms with Gasteiger partial charge in [0, 0.05) is 12.3 Å². The fourth-order valence-corrected chi connectivity index (χ4v) is 5.07. The summed E-state index contributed by atoms with van der Waals surface area (Å²) < 4.78 is 11.5. The second-order valence-electron chi connectivity index (χ2n) is 9.36. The van der Waals surface area contributed by atoms with Crippen LogP contribution in [0.2, 0.25) is 0 Å². The molecule has 5 nitrogen and oxygen atoms in total. The molecule has 0 saturated carbocycles. The molecule has 0 aromatic rings. The molecule has 164 valence electrons. The Morgan fingerprint density at radius 3 is 2.70 bits per heavy atom. The van der Waals surface area contributed by atoms with Gasteiger partial charge in [0.05, 0.1) is 18.4 Å². The minimum atomic E-state index is -0.597. The molecule has 0 aromatic carbocycles. The van der Waals surface area contributed by atoms with Gasteiger partial charge in [-0.1, -0.05) is 45.9 Å². The van der Waals surface area contributed by atoms with Gasteiger partial charge >= 0.3 is 63.3 Å². The molecule has 30 heavy (non-hydrogen) atoms. The van der Waals surface area contributed by atoms with Crippen LogP contribution in [0.15, 0.2) is 23.8 Å². The summed E-state index contributed by atoms with van der Waals surface area (Å²) in [4.78, 5) is 24.2. The van der Waals surface area contributed by atoms with Crippen LogP contribution < -0.4 is 0 Å². The fourth-order valence-electron chi connectivity index (χ4n) is 5.07. The summed E-state index contributed by atoms with van der Waals surface area (Å²) in [6.45, 7) is 8.33. The number of aliphatic hydroxyl groups excluding tert-OH is 1. The van der Waals surface area contributed by atoms with Crippen LogP contribution in [0.25, 0.3) is 0 Å². The van der Waals surface area contributed by atoms with Gasteiger partial charge in [0.15, 0.2) is 0 Å². The number of ether oxygens (including phenoxy) is 2. The zero-order valence-corrected chi connectivity index (χ0v) is 18.2. The van der Waals surface area contributed by atoms with Crippen LogP contribution in [-0.2, 0) is 19.1 Å². The standard InChI is InChI=1S/C24H36O5.K.H/c1-5-15(3)24(27)29-21-11-14(2)10-17-7-6-16(4)20(23(17)21)9-8-19-12-18(25)13-22(26)28-19;;/h6-7,10,14-16,18-21,23,25H,5,8-9,11-13H2,1-4H3;;/t14-,15?,16-,18+,19+,20-,21-,23-;;/m0../s1.